The number of hydrogen-bond donors (Lipinski definition) is 0. The van der Waals surface area contributed by atoms with Gasteiger partial charge in [-0.3, -0.25) is 4.79 Å². The molecular weight excluding hydrogens is 538 g/mol. The monoisotopic (exact) mass is 557 g/mol. The summed E-state index contributed by atoms with van der Waals surface area (Å²) in [5.41, 5.74) is 4.08. The van der Waals surface area contributed by atoms with Crippen LogP contribution in [0.3, 0.4) is 0 Å². The van der Waals surface area contributed by atoms with Gasteiger partial charge in [0, 0.05) is 5.56 Å². The molecule has 0 saturated carbocycles. The maximum Gasteiger partial charge on any atom is 0.282 e. The minimum Gasteiger partial charge on any atom is -0.486 e. The van der Waals surface area contributed by atoms with E-state index in [-0.39, 0.29) is 5.56 Å². The van der Waals surface area contributed by atoms with Crippen LogP contribution in [0, 0.1) is 6.92 Å². The highest BCUT2D eigenvalue weighted by Crippen LogP contribution is 2.35. The number of fused-ring (bicyclic) bond motifs is 1. The summed E-state index contributed by atoms with van der Waals surface area (Å²) in [6.07, 6.45) is 1.59. The zero-order valence-corrected chi connectivity index (χ0v) is 21.7. The van der Waals surface area contributed by atoms with Crippen LogP contribution >= 0.6 is 27.5 Å². The first-order chi connectivity index (χ1) is 17.5. The van der Waals surface area contributed by atoms with Crippen LogP contribution in [0.1, 0.15) is 16.7 Å². The van der Waals surface area contributed by atoms with Gasteiger partial charge >= 0.3 is 0 Å². The minimum atomic E-state index is -0.251. The van der Waals surface area contributed by atoms with Crippen LogP contribution in [0.15, 0.2) is 105 Å². The van der Waals surface area contributed by atoms with E-state index in [9.17, 15) is 4.79 Å². The number of nitrogens with zero attached hydrogens (tertiary/aromatic N) is 3. The normalized spacial score (nSPS) is 11.3. The highest BCUT2D eigenvalue weighted by Gasteiger charge is 2.13. The Bertz CT molecular complexity index is 1630. The molecule has 5 nitrogen and oxygen atoms in total. The number of halogens is 2. The lowest BCUT2D eigenvalue weighted by Crippen LogP contribution is -2.20. The van der Waals surface area contributed by atoms with Gasteiger partial charge in [-0.15, -0.1) is 0 Å². The van der Waals surface area contributed by atoms with E-state index in [2.05, 4.69) is 27.1 Å². The van der Waals surface area contributed by atoms with E-state index >= 15 is 0 Å². The molecule has 0 radical (unpaired) electrons. The molecule has 0 aliphatic rings. The molecule has 36 heavy (non-hydrogen) atoms. The number of rotatable bonds is 6. The fourth-order valence-corrected chi connectivity index (χ4v) is 4.87. The number of hydrogen-bond acceptors (Lipinski definition) is 4. The molecular formula is C29H21BrClN3O2. The second-order valence-electron chi connectivity index (χ2n) is 8.27. The molecule has 0 unspecified atom stereocenters. The Kier molecular flexibility index (Phi) is 6.98. The average Bonchev–Trinajstić information content (AvgIpc) is 2.88. The van der Waals surface area contributed by atoms with E-state index in [1.165, 1.54) is 10.2 Å². The lowest BCUT2D eigenvalue weighted by molar-refractivity contribution is 0.304. The SMILES string of the molecule is Cc1cccc(COc2c(Cl)cc(C=Nn3c(-c4ccccc4)nc4ccccc4c3=O)cc2Br)c1. The Morgan fingerprint density at radius 1 is 1.00 bits per heavy atom. The fourth-order valence-electron chi connectivity index (χ4n) is 3.88. The van der Waals surface area contributed by atoms with Gasteiger partial charge < -0.3 is 4.74 Å². The van der Waals surface area contributed by atoms with Crippen molar-refractivity contribution in [3.8, 4) is 17.1 Å². The Balaban J connectivity index is 1.49. The zero-order chi connectivity index (χ0) is 25.1. The molecule has 178 valence electrons. The summed E-state index contributed by atoms with van der Waals surface area (Å²) in [5, 5.41) is 5.44. The number of aromatic nitrogens is 2. The molecule has 0 aliphatic heterocycles. The van der Waals surface area contributed by atoms with Crippen LogP contribution < -0.4 is 10.3 Å². The van der Waals surface area contributed by atoms with E-state index in [0.717, 1.165) is 11.1 Å². The van der Waals surface area contributed by atoms with Crippen molar-refractivity contribution < 1.29 is 4.74 Å². The third-order valence-electron chi connectivity index (χ3n) is 5.59. The molecule has 0 N–H and O–H groups in total. The molecule has 1 aromatic heterocycles. The van der Waals surface area contributed by atoms with Crippen molar-refractivity contribution in [2.24, 2.45) is 5.10 Å². The summed E-state index contributed by atoms with van der Waals surface area (Å²) < 4.78 is 7.99. The molecule has 0 atom stereocenters. The lowest BCUT2D eigenvalue weighted by atomic mass is 10.1. The minimum absolute atomic E-state index is 0.251. The van der Waals surface area contributed by atoms with Crippen molar-refractivity contribution in [2.45, 2.75) is 13.5 Å². The van der Waals surface area contributed by atoms with Gasteiger partial charge in [0.1, 0.15) is 6.61 Å². The molecule has 5 aromatic rings. The second-order valence-corrected chi connectivity index (χ2v) is 9.53. The van der Waals surface area contributed by atoms with Gasteiger partial charge in [0.05, 0.1) is 26.6 Å². The summed E-state index contributed by atoms with van der Waals surface area (Å²) >= 11 is 10.1. The van der Waals surface area contributed by atoms with Crippen LogP contribution in [0.2, 0.25) is 5.02 Å². The Hall–Kier alpha value is -3.74. The zero-order valence-electron chi connectivity index (χ0n) is 19.4. The quantitative estimate of drug-likeness (QED) is 0.206. The van der Waals surface area contributed by atoms with Crippen molar-refractivity contribution >= 4 is 44.6 Å². The highest BCUT2D eigenvalue weighted by atomic mass is 79.9. The summed E-state index contributed by atoms with van der Waals surface area (Å²) in [6, 6.07) is 28.5. The van der Waals surface area contributed by atoms with Gasteiger partial charge in [0.25, 0.3) is 5.56 Å². The Morgan fingerprint density at radius 3 is 2.56 bits per heavy atom. The van der Waals surface area contributed by atoms with E-state index < -0.39 is 0 Å². The van der Waals surface area contributed by atoms with Crippen LogP contribution in [0.25, 0.3) is 22.3 Å². The maximum absolute atomic E-state index is 13.3. The molecule has 0 amide bonds. The predicted octanol–water partition coefficient (Wildman–Crippen LogP) is 7.25. The van der Waals surface area contributed by atoms with E-state index in [4.69, 9.17) is 21.3 Å². The van der Waals surface area contributed by atoms with E-state index in [1.807, 2.05) is 79.7 Å². The third-order valence-corrected chi connectivity index (χ3v) is 6.46. The molecule has 7 heteroatoms. The molecule has 0 fully saturated rings. The molecule has 4 aromatic carbocycles. The van der Waals surface area contributed by atoms with Gasteiger partial charge in [0.2, 0.25) is 0 Å². The standard InChI is InChI=1S/C29H21BrClN3O2/c1-19-8-7-9-20(14-19)18-36-27-24(30)15-21(16-25(27)31)17-32-34-28(22-10-3-2-4-11-22)33-26-13-6-5-12-23(26)29(34)35/h2-17H,18H2,1H3. The predicted molar refractivity (Wildman–Crippen MR) is 149 cm³/mol. The number of benzene rings is 4. The van der Waals surface area contributed by atoms with Gasteiger partial charge in [-0.25, -0.2) is 4.98 Å². The van der Waals surface area contributed by atoms with Crippen molar-refractivity contribution in [3.05, 3.63) is 128 Å². The smallest absolute Gasteiger partial charge is 0.282 e. The first kappa shape index (κ1) is 24.0. The van der Waals surface area contributed by atoms with Crippen molar-refractivity contribution in [3.63, 3.8) is 0 Å². The number of para-hydroxylation sites is 1. The summed E-state index contributed by atoms with van der Waals surface area (Å²) in [4.78, 5) is 18.1. The summed E-state index contributed by atoms with van der Waals surface area (Å²) in [5.74, 6) is 1.00. The lowest BCUT2D eigenvalue weighted by Gasteiger charge is -2.12. The summed E-state index contributed by atoms with van der Waals surface area (Å²) in [6.45, 7) is 2.44. The first-order valence-electron chi connectivity index (χ1n) is 11.3. The van der Waals surface area contributed by atoms with Gasteiger partial charge in [0.15, 0.2) is 11.6 Å². The summed E-state index contributed by atoms with van der Waals surface area (Å²) in [7, 11) is 0. The Labute approximate surface area is 221 Å². The van der Waals surface area contributed by atoms with Crippen LogP contribution in [-0.2, 0) is 6.61 Å². The second kappa shape index (κ2) is 10.5. The van der Waals surface area contributed by atoms with E-state index in [0.29, 0.717) is 44.1 Å². The van der Waals surface area contributed by atoms with Crippen molar-refractivity contribution in [1.29, 1.82) is 0 Å². The van der Waals surface area contributed by atoms with Crippen LogP contribution in [-0.4, -0.2) is 15.9 Å². The fraction of sp³-hybridized carbons (Fsp3) is 0.0690. The number of aryl methyl sites for hydroxylation is 1. The molecule has 0 aliphatic carbocycles. The molecule has 5 rings (SSSR count). The van der Waals surface area contributed by atoms with Gasteiger partial charge in [-0.2, -0.15) is 9.78 Å². The van der Waals surface area contributed by atoms with Crippen LogP contribution in [0.4, 0.5) is 0 Å². The molecule has 0 saturated heterocycles. The molecule has 1 heterocycles. The molecule has 0 bridgehead atoms. The first-order valence-corrected chi connectivity index (χ1v) is 12.5. The largest absolute Gasteiger partial charge is 0.486 e. The van der Waals surface area contributed by atoms with Crippen molar-refractivity contribution in [2.75, 3.05) is 0 Å². The number of ether oxygens (including phenoxy) is 1. The topological polar surface area (TPSA) is 56.5 Å². The Morgan fingerprint density at radius 2 is 1.78 bits per heavy atom. The maximum atomic E-state index is 13.3. The van der Waals surface area contributed by atoms with E-state index in [1.54, 1.807) is 18.3 Å². The average molecular weight is 559 g/mol. The van der Waals surface area contributed by atoms with Crippen molar-refractivity contribution in [1.82, 2.24) is 9.66 Å². The van der Waals surface area contributed by atoms with Gasteiger partial charge in [-0.1, -0.05) is 83.9 Å². The third kappa shape index (κ3) is 5.10. The van der Waals surface area contributed by atoms with Gasteiger partial charge in [-0.05, 0) is 58.2 Å². The van der Waals surface area contributed by atoms with Crippen LogP contribution in [0.5, 0.6) is 5.75 Å². The highest BCUT2D eigenvalue weighted by molar-refractivity contribution is 9.10. The molecule has 0 spiro atoms.